The molecule has 2 heterocycles. The lowest BCUT2D eigenvalue weighted by atomic mass is 10.2. The van der Waals surface area contributed by atoms with Crippen molar-refractivity contribution >= 4 is 16.7 Å². The molecule has 1 aliphatic rings. The van der Waals surface area contributed by atoms with Crippen LogP contribution in [0.3, 0.4) is 0 Å². The smallest absolute Gasteiger partial charge is 0.0736 e. The number of nitrogens with one attached hydrogen (secondary N) is 1. The topological polar surface area (TPSA) is 24.9 Å². The molecule has 0 aromatic carbocycles. The van der Waals surface area contributed by atoms with Gasteiger partial charge in [-0.05, 0) is 24.6 Å². The van der Waals surface area contributed by atoms with Gasteiger partial charge in [-0.1, -0.05) is 11.8 Å². The highest BCUT2D eigenvalue weighted by molar-refractivity contribution is 8.09. The van der Waals surface area contributed by atoms with Crippen LogP contribution in [0.1, 0.15) is 12.5 Å². The molecule has 12 heavy (non-hydrogen) atoms. The van der Waals surface area contributed by atoms with E-state index in [4.69, 9.17) is 0 Å². The first kappa shape index (κ1) is 7.68. The van der Waals surface area contributed by atoms with Gasteiger partial charge in [0, 0.05) is 23.5 Å². The van der Waals surface area contributed by atoms with Gasteiger partial charge in [-0.3, -0.25) is 4.98 Å². The predicted molar refractivity (Wildman–Crippen MR) is 52.4 cm³/mol. The van der Waals surface area contributed by atoms with E-state index in [1.54, 1.807) is 0 Å². The van der Waals surface area contributed by atoms with Gasteiger partial charge in [-0.25, -0.2) is 0 Å². The molecule has 0 fully saturated rings. The van der Waals surface area contributed by atoms with Crippen molar-refractivity contribution in [1.82, 2.24) is 10.3 Å². The van der Waals surface area contributed by atoms with E-state index in [-0.39, 0.29) is 0 Å². The lowest BCUT2D eigenvalue weighted by Gasteiger charge is -2.01. The van der Waals surface area contributed by atoms with Gasteiger partial charge in [0.25, 0.3) is 0 Å². The summed E-state index contributed by atoms with van der Waals surface area (Å²) >= 11 is 1.84. The van der Waals surface area contributed by atoms with Crippen molar-refractivity contribution in [3.63, 3.8) is 0 Å². The van der Waals surface area contributed by atoms with E-state index in [1.807, 2.05) is 36.3 Å². The zero-order valence-corrected chi connectivity index (χ0v) is 7.64. The highest BCUT2D eigenvalue weighted by atomic mass is 32.2. The molecular formula is C9H10N2S. The van der Waals surface area contributed by atoms with E-state index in [2.05, 4.69) is 23.4 Å². The summed E-state index contributed by atoms with van der Waals surface area (Å²) in [5.74, 6) is 0. The Kier molecular flexibility index (Phi) is 2.04. The molecule has 1 aromatic heterocycles. The van der Waals surface area contributed by atoms with E-state index in [0.717, 1.165) is 0 Å². The number of hydrogen-bond acceptors (Lipinski definition) is 3. The van der Waals surface area contributed by atoms with Gasteiger partial charge >= 0.3 is 0 Å². The molecule has 0 spiro atoms. The average Bonchev–Trinajstić information content (AvgIpc) is 2.54. The summed E-state index contributed by atoms with van der Waals surface area (Å²) in [6, 6.07) is 4.05. The fourth-order valence-electron chi connectivity index (χ4n) is 1.12. The Hall–Kier alpha value is -0.960. The summed E-state index contributed by atoms with van der Waals surface area (Å²) in [5, 5.41) is 3.74. The zero-order valence-electron chi connectivity index (χ0n) is 6.82. The molecular weight excluding hydrogens is 168 g/mol. The van der Waals surface area contributed by atoms with E-state index in [0.29, 0.717) is 5.37 Å². The lowest BCUT2D eigenvalue weighted by Crippen LogP contribution is -2.09. The molecule has 0 aliphatic carbocycles. The van der Waals surface area contributed by atoms with Gasteiger partial charge in [-0.2, -0.15) is 0 Å². The third-order valence-corrected chi connectivity index (χ3v) is 2.81. The molecule has 1 aromatic rings. The van der Waals surface area contributed by atoms with Crippen LogP contribution in [0, 0.1) is 0 Å². The van der Waals surface area contributed by atoms with E-state index in [9.17, 15) is 0 Å². The first-order valence-electron chi connectivity index (χ1n) is 3.89. The Morgan fingerprint density at radius 3 is 2.75 bits per heavy atom. The second kappa shape index (κ2) is 3.19. The van der Waals surface area contributed by atoms with E-state index < -0.39 is 0 Å². The minimum absolute atomic E-state index is 0.494. The summed E-state index contributed by atoms with van der Waals surface area (Å²) in [4.78, 5) is 5.28. The van der Waals surface area contributed by atoms with Crippen LogP contribution in [0.5, 0.6) is 0 Å². The summed E-state index contributed by atoms with van der Waals surface area (Å²) in [6.07, 6.45) is 5.70. The van der Waals surface area contributed by atoms with Gasteiger partial charge in [0.05, 0.1) is 5.37 Å². The molecule has 62 valence electrons. The molecule has 0 saturated heterocycles. The third-order valence-electron chi connectivity index (χ3n) is 1.72. The lowest BCUT2D eigenvalue weighted by molar-refractivity contribution is 0.875. The van der Waals surface area contributed by atoms with Gasteiger partial charge in [0.2, 0.25) is 0 Å². The molecule has 2 nitrogen and oxygen atoms in total. The van der Waals surface area contributed by atoms with Gasteiger partial charge < -0.3 is 5.32 Å². The standard InChI is InChI=1S/C9H10N2S/c1-7-11-6-9(12-7)8-2-4-10-5-3-8/h2-7,11H,1H3/t7-/m1/s1. The van der Waals surface area contributed by atoms with E-state index in [1.165, 1.54) is 10.5 Å². The Morgan fingerprint density at radius 1 is 1.42 bits per heavy atom. The van der Waals surface area contributed by atoms with Gasteiger partial charge in [-0.15, -0.1) is 0 Å². The van der Waals surface area contributed by atoms with Crippen molar-refractivity contribution in [3.05, 3.63) is 36.3 Å². The van der Waals surface area contributed by atoms with Crippen molar-refractivity contribution in [2.75, 3.05) is 0 Å². The molecule has 1 N–H and O–H groups in total. The molecule has 0 amide bonds. The largest absolute Gasteiger partial charge is 0.378 e. The SMILES string of the molecule is C[C@@H]1NC=C(c2ccncc2)S1. The van der Waals surface area contributed by atoms with Crippen LogP contribution >= 0.6 is 11.8 Å². The van der Waals surface area contributed by atoms with Crippen LogP contribution in [-0.2, 0) is 0 Å². The van der Waals surface area contributed by atoms with Crippen LogP contribution in [0.4, 0.5) is 0 Å². The van der Waals surface area contributed by atoms with Crippen molar-refractivity contribution in [2.45, 2.75) is 12.3 Å². The minimum atomic E-state index is 0.494. The molecule has 1 atom stereocenters. The van der Waals surface area contributed by atoms with Crippen molar-refractivity contribution in [3.8, 4) is 0 Å². The normalized spacial score (nSPS) is 21.8. The molecule has 0 bridgehead atoms. The predicted octanol–water partition coefficient (Wildman–Crippen LogP) is 2.06. The van der Waals surface area contributed by atoms with Crippen molar-refractivity contribution in [2.24, 2.45) is 0 Å². The summed E-state index contributed by atoms with van der Waals surface area (Å²) in [7, 11) is 0. The number of thioether (sulfide) groups is 1. The minimum Gasteiger partial charge on any atom is -0.378 e. The first-order valence-corrected chi connectivity index (χ1v) is 4.77. The average molecular weight is 178 g/mol. The number of hydrogen-bond donors (Lipinski definition) is 1. The molecule has 0 unspecified atom stereocenters. The molecule has 2 rings (SSSR count). The second-order valence-corrected chi connectivity index (χ2v) is 4.05. The van der Waals surface area contributed by atoms with Crippen LogP contribution in [0.15, 0.2) is 30.7 Å². The fraction of sp³-hybridized carbons (Fsp3) is 0.222. The summed E-state index contributed by atoms with van der Waals surface area (Å²) in [5.41, 5.74) is 1.24. The Balaban J connectivity index is 2.22. The van der Waals surface area contributed by atoms with Crippen molar-refractivity contribution in [1.29, 1.82) is 0 Å². The quantitative estimate of drug-likeness (QED) is 0.712. The Morgan fingerprint density at radius 2 is 2.17 bits per heavy atom. The highest BCUT2D eigenvalue weighted by Gasteiger charge is 2.12. The Bertz CT molecular complexity index is 295. The van der Waals surface area contributed by atoms with Crippen LogP contribution < -0.4 is 5.32 Å². The monoisotopic (exact) mass is 178 g/mol. The van der Waals surface area contributed by atoms with Crippen LogP contribution in [0.2, 0.25) is 0 Å². The highest BCUT2D eigenvalue weighted by Crippen LogP contribution is 2.33. The maximum Gasteiger partial charge on any atom is 0.0736 e. The first-order chi connectivity index (χ1) is 5.86. The van der Waals surface area contributed by atoms with Gasteiger partial charge in [0.15, 0.2) is 0 Å². The van der Waals surface area contributed by atoms with Gasteiger partial charge in [0.1, 0.15) is 0 Å². The van der Waals surface area contributed by atoms with Crippen LogP contribution in [-0.4, -0.2) is 10.4 Å². The maximum atomic E-state index is 3.98. The Labute approximate surface area is 76.1 Å². The van der Waals surface area contributed by atoms with Crippen molar-refractivity contribution < 1.29 is 0 Å². The number of pyridine rings is 1. The number of rotatable bonds is 1. The molecule has 3 heteroatoms. The fourth-order valence-corrected chi connectivity index (χ4v) is 2.04. The zero-order chi connectivity index (χ0) is 8.39. The number of nitrogens with zero attached hydrogens (tertiary/aromatic N) is 1. The second-order valence-electron chi connectivity index (χ2n) is 2.67. The molecule has 1 aliphatic heterocycles. The maximum absolute atomic E-state index is 3.98. The number of aromatic nitrogens is 1. The van der Waals surface area contributed by atoms with Crippen LogP contribution in [0.25, 0.3) is 4.91 Å². The molecule has 0 saturated carbocycles. The summed E-state index contributed by atoms with van der Waals surface area (Å²) in [6.45, 7) is 2.15. The summed E-state index contributed by atoms with van der Waals surface area (Å²) < 4.78 is 0. The van der Waals surface area contributed by atoms with E-state index >= 15 is 0 Å². The third kappa shape index (κ3) is 1.46. The molecule has 0 radical (unpaired) electrons.